The summed E-state index contributed by atoms with van der Waals surface area (Å²) in [5.74, 6) is 5.17. The van der Waals surface area contributed by atoms with Gasteiger partial charge >= 0.3 is 0 Å². The van der Waals surface area contributed by atoms with Crippen molar-refractivity contribution in [3.05, 3.63) is 0 Å². The predicted octanol–water partition coefficient (Wildman–Crippen LogP) is 1.65. The summed E-state index contributed by atoms with van der Waals surface area (Å²) in [7, 11) is 0. The summed E-state index contributed by atoms with van der Waals surface area (Å²) in [4.78, 5) is 7.07. The van der Waals surface area contributed by atoms with Crippen LogP contribution in [0.25, 0.3) is 0 Å². The van der Waals surface area contributed by atoms with E-state index in [2.05, 4.69) is 35.8 Å². The second-order valence-electron chi connectivity index (χ2n) is 5.09. The van der Waals surface area contributed by atoms with E-state index in [9.17, 15) is 0 Å². The number of nitrogens with two attached hydrogens (primary N) is 1. The largest absolute Gasteiger partial charge is 0.323 e. The molecule has 1 fully saturated rings. The zero-order valence-electron chi connectivity index (χ0n) is 10.9. The van der Waals surface area contributed by atoms with Crippen LogP contribution in [0.15, 0.2) is 10.1 Å². The lowest BCUT2D eigenvalue weighted by molar-refractivity contribution is 0.0734. The van der Waals surface area contributed by atoms with Crippen molar-refractivity contribution >= 4 is 11.9 Å². The van der Waals surface area contributed by atoms with Gasteiger partial charge in [0.05, 0.1) is 11.8 Å². The van der Waals surface area contributed by atoms with Crippen LogP contribution in [0, 0.1) is 0 Å². The topological polar surface area (TPSA) is 54.0 Å². The van der Waals surface area contributed by atoms with Gasteiger partial charge in [0, 0.05) is 18.3 Å². The maximum absolute atomic E-state index is 5.17. The van der Waals surface area contributed by atoms with Gasteiger partial charge in [-0.05, 0) is 40.2 Å². The highest BCUT2D eigenvalue weighted by atomic mass is 15.2. The van der Waals surface area contributed by atoms with Gasteiger partial charge < -0.3 is 5.84 Å². The standard InChI is InChI=1S/C12H24N4/c1-5-16-7-6-11(8-12(16,3)4)14-9-10(2)15-13/h9,11H,5-8,13H2,1-4H3. The van der Waals surface area contributed by atoms with Crippen LogP contribution in [0.5, 0.6) is 0 Å². The van der Waals surface area contributed by atoms with Crippen molar-refractivity contribution in [2.24, 2.45) is 15.9 Å². The SMILES string of the molecule is CCN1CCC(N=CC(C)=NN)CC1(C)C. The van der Waals surface area contributed by atoms with E-state index in [-0.39, 0.29) is 5.54 Å². The van der Waals surface area contributed by atoms with Crippen LogP contribution in [-0.4, -0.2) is 41.5 Å². The quantitative estimate of drug-likeness (QED) is 0.450. The molecule has 0 aromatic rings. The van der Waals surface area contributed by atoms with Gasteiger partial charge in [0.1, 0.15) is 0 Å². The normalized spacial score (nSPS) is 27.5. The Bertz CT molecular complexity index is 281. The average Bonchev–Trinajstić information content (AvgIpc) is 2.24. The van der Waals surface area contributed by atoms with Crippen molar-refractivity contribution in [1.82, 2.24) is 4.90 Å². The number of hydrogen-bond donors (Lipinski definition) is 1. The van der Waals surface area contributed by atoms with Gasteiger partial charge in [-0.25, -0.2) is 0 Å². The Labute approximate surface area is 98.6 Å². The van der Waals surface area contributed by atoms with Crippen molar-refractivity contribution in [3.8, 4) is 0 Å². The summed E-state index contributed by atoms with van der Waals surface area (Å²) in [6, 6.07) is 0.412. The molecule has 0 bridgehead atoms. The summed E-state index contributed by atoms with van der Waals surface area (Å²) in [6.07, 6.45) is 4.03. The molecule has 1 aliphatic rings. The molecule has 1 atom stereocenters. The smallest absolute Gasteiger partial charge is 0.0747 e. The fraction of sp³-hybridized carbons (Fsp3) is 0.833. The molecule has 0 spiro atoms. The molecule has 16 heavy (non-hydrogen) atoms. The first-order valence-electron chi connectivity index (χ1n) is 6.02. The summed E-state index contributed by atoms with van der Waals surface area (Å²) in [6.45, 7) is 10.9. The Morgan fingerprint density at radius 3 is 2.75 bits per heavy atom. The molecular weight excluding hydrogens is 200 g/mol. The molecule has 1 heterocycles. The Hall–Kier alpha value is -0.900. The van der Waals surface area contributed by atoms with Gasteiger partial charge in [-0.15, -0.1) is 0 Å². The fourth-order valence-corrected chi connectivity index (χ4v) is 2.38. The van der Waals surface area contributed by atoms with Crippen LogP contribution in [0.4, 0.5) is 0 Å². The number of rotatable bonds is 3. The van der Waals surface area contributed by atoms with E-state index in [0.29, 0.717) is 6.04 Å². The van der Waals surface area contributed by atoms with Crippen LogP contribution >= 0.6 is 0 Å². The Morgan fingerprint density at radius 1 is 1.56 bits per heavy atom. The number of nitrogens with zero attached hydrogens (tertiary/aromatic N) is 3. The van der Waals surface area contributed by atoms with Crippen LogP contribution in [0.3, 0.4) is 0 Å². The van der Waals surface area contributed by atoms with Crippen molar-refractivity contribution in [3.63, 3.8) is 0 Å². The van der Waals surface area contributed by atoms with E-state index < -0.39 is 0 Å². The second kappa shape index (κ2) is 5.43. The van der Waals surface area contributed by atoms with Crippen molar-refractivity contribution in [2.45, 2.75) is 52.1 Å². The van der Waals surface area contributed by atoms with E-state index in [1.807, 2.05) is 6.92 Å². The van der Waals surface area contributed by atoms with Gasteiger partial charge in [0.15, 0.2) is 0 Å². The van der Waals surface area contributed by atoms with Gasteiger partial charge in [0.25, 0.3) is 0 Å². The summed E-state index contributed by atoms with van der Waals surface area (Å²) < 4.78 is 0. The molecule has 0 saturated carbocycles. The highest BCUT2D eigenvalue weighted by Gasteiger charge is 2.33. The molecule has 1 aliphatic heterocycles. The summed E-state index contributed by atoms with van der Waals surface area (Å²) in [5.41, 5.74) is 1.04. The third-order valence-corrected chi connectivity index (χ3v) is 3.38. The van der Waals surface area contributed by atoms with Gasteiger partial charge in [-0.3, -0.25) is 9.89 Å². The molecule has 4 heteroatoms. The highest BCUT2D eigenvalue weighted by molar-refractivity contribution is 6.29. The first kappa shape index (κ1) is 13.2. The second-order valence-corrected chi connectivity index (χ2v) is 5.09. The zero-order valence-corrected chi connectivity index (χ0v) is 10.9. The highest BCUT2D eigenvalue weighted by Crippen LogP contribution is 2.28. The number of aliphatic imine (C=N–C) groups is 1. The minimum atomic E-state index is 0.253. The third kappa shape index (κ3) is 3.30. The third-order valence-electron chi connectivity index (χ3n) is 3.38. The molecule has 1 rings (SSSR count). The van der Waals surface area contributed by atoms with Crippen LogP contribution in [0.2, 0.25) is 0 Å². The van der Waals surface area contributed by atoms with Crippen molar-refractivity contribution in [2.75, 3.05) is 13.1 Å². The minimum absolute atomic E-state index is 0.253. The first-order chi connectivity index (χ1) is 7.49. The number of likely N-dealkylation sites (tertiary alicyclic amines) is 1. The summed E-state index contributed by atoms with van der Waals surface area (Å²) in [5, 5.41) is 3.60. The molecule has 4 nitrogen and oxygen atoms in total. The lowest BCUT2D eigenvalue weighted by atomic mass is 9.87. The molecule has 0 aliphatic carbocycles. The average molecular weight is 224 g/mol. The molecule has 1 saturated heterocycles. The molecule has 1 unspecified atom stereocenters. The van der Waals surface area contributed by atoms with E-state index in [0.717, 1.165) is 31.6 Å². The van der Waals surface area contributed by atoms with E-state index >= 15 is 0 Å². The van der Waals surface area contributed by atoms with Crippen LogP contribution < -0.4 is 5.84 Å². The first-order valence-corrected chi connectivity index (χ1v) is 6.02. The van der Waals surface area contributed by atoms with Crippen LogP contribution in [0.1, 0.15) is 40.5 Å². The Morgan fingerprint density at radius 2 is 2.25 bits per heavy atom. The maximum Gasteiger partial charge on any atom is 0.0747 e. The maximum atomic E-state index is 5.17. The lowest BCUT2D eigenvalue weighted by Crippen LogP contribution is -2.50. The molecule has 92 valence electrons. The molecule has 0 radical (unpaired) electrons. The van der Waals surface area contributed by atoms with Gasteiger partial charge in [-0.2, -0.15) is 5.10 Å². The van der Waals surface area contributed by atoms with E-state index in [1.165, 1.54) is 0 Å². The summed E-state index contributed by atoms with van der Waals surface area (Å²) >= 11 is 0. The molecule has 2 N–H and O–H groups in total. The molecule has 0 amide bonds. The monoisotopic (exact) mass is 224 g/mol. The Kier molecular flexibility index (Phi) is 4.47. The lowest BCUT2D eigenvalue weighted by Gasteiger charge is -2.44. The molecular formula is C12H24N4. The van der Waals surface area contributed by atoms with Crippen molar-refractivity contribution < 1.29 is 0 Å². The fourth-order valence-electron chi connectivity index (χ4n) is 2.38. The predicted molar refractivity (Wildman–Crippen MR) is 70.1 cm³/mol. The van der Waals surface area contributed by atoms with E-state index in [1.54, 1.807) is 6.21 Å². The Balaban J connectivity index is 2.59. The van der Waals surface area contributed by atoms with E-state index in [4.69, 9.17) is 5.84 Å². The minimum Gasteiger partial charge on any atom is -0.323 e. The van der Waals surface area contributed by atoms with Crippen LogP contribution in [-0.2, 0) is 0 Å². The molecule has 0 aromatic heterocycles. The van der Waals surface area contributed by atoms with Gasteiger partial charge in [-0.1, -0.05) is 6.92 Å². The zero-order chi connectivity index (χ0) is 12.2. The van der Waals surface area contributed by atoms with Gasteiger partial charge in [0.2, 0.25) is 0 Å². The number of hydrazone groups is 1. The number of hydrogen-bond acceptors (Lipinski definition) is 4. The van der Waals surface area contributed by atoms with Crippen molar-refractivity contribution in [1.29, 1.82) is 0 Å². The number of piperidine rings is 1. The molecule has 0 aromatic carbocycles.